The van der Waals surface area contributed by atoms with E-state index >= 15 is 0 Å². The van der Waals surface area contributed by atoms with E-state index in [1.165, 1.54) is 4.88 Å². The Kier molecular flexibility index (Phi) is 9.62. The van der Waals surface area contributed by atoms with Gasteiger partial charge in [0, 0.05) is 4.88 Å². The van der Waals surface area contributed by atoms with Gasteiger partial charge >= 0.3 is 11.9 Å². The highest BCUT2D eigenvalue weighted by atomic mass is 127. The van der Waals surface area contributed by atoms with Crippen LogP contribution in [0.3, 0.4) is 0 Å². The van der Waals surface area contributed by atoms with E-state index in [0.717, 1.165) is 59.5 Å². The molecule has 0 aliphatic carbocycles. The van der Waals surface area contributed by atoms with Gasteiger partial charge in [0.2, 0.25) is 6.73 Å². The summed E-state index contributed by atoms with van der Waals surface area (Å²) >= 11 is 1.74. The number of likely N-dealkylation sites (N-methyl/N-ethyl adjacent to an activating group) is 1. The molecule has 3 aromatic rings. The number of carbonyl (C=O) groups is 2. The van der Waals surface area contributed by atoms with Gasteiger partial charge in [-0.05, 0) is 30.7 Å². The number of carbonyl (C=O) groups excluding carboxylic acids is 2. The molecule has 0 radical (unpaired) electrons. The Bertz CT molecular complexity index is 1340. The molecule has 0 saturated carbocycles. The van der Waals surface area contributed by atoms with Crippen molar-refractivity contribution in [3.05, 3.63) is 76.7 Å². The Balaban J connectivity index is 0.00000353. The molecule has 2 aliphatic rings. The molecule has 0 spiro atoms. The summed E-state index contributed by atoms with van der Waals surface area (Å²) in [4.78, 5) is 33.0. The normalized spacial score (nSPS) is 15.4. The highest BCUT2D eigenvalue weighted by Gasteiger charge is 2.33. The average Bonchev–Trinajstić information content (AvgIpc) is 3.22. The molecule has 1 saturated heterocycles. The number of aryl methyl sites for hydroxylation is 1. The summed E-state index contributed by atoms with van der Waals surface area (Å²) in [6.45, 7) is 5.85. The summed E-state index contributed by atoms with van der Waals surface area (Å²) in [5.41, 5.74) is 3.99. The fourth-order valence-electron chi connectivity index (χ4n) is 4.59. The van der Waals surface area contributed by atoms with Crippen molar-refractivity contribution >= 4 is 45.5 Å². The van der Waals surface area contributed by atoms with Crippen LogP contribution in [0, 0.1) is 6.92 Å². The van der Waals surface area contributed by atoms with Crippen LogP contribution in [0.25, 0.3) is 0 Å². The predicted octanol–water partition coefficient (Wildman–Crippen LogP) is 1.98. The van der Waals surface area contributed by atoms with E-state index in [1.54, 1.807) is 11.3 Å². The Morgan fingerprint density at radius 3 is 2.41 bits per heavy atom. The second-order valence-corrected chi connectivity index (χ2v) is 11.3. The van der Waals surface area contributed by atoms with Crippen LogP contribution < -0.4 is 29.3 Å². The second kappa shape index (κ2) is 12.9. The van der Waals surface area contributed by atoms with Gasteiger partial charge in [-0.15, -0.1) is 11.3 Å². The van der Waals surface area contributed by atoms with Gasteiger partial charge in [0.1, 0.15) is 17.4 Å². The minimum absolute atomic E-state index is 0. The van der Waals surface area contributed by atoms with Crippen molar-refractivity contribution in [1.82, 2.24) is 4.90 Å². The van der Waals surface area contributed by atoms with E-state index in [-0.39, 0.29) is 56.1 Å². The highest BCUT2D eigenvalue weighted by Crippen LogP contribution is 2.39. The molecule has 0 bridgehead atoms. The Morgan fingerprint density at radius 2 is 1.67 bits per heavy atom. The molecule has 0 amide bonds. The van der Waals surface area contributed by atoms with Gasteiger partial charge in [-0.3, -0.25) is 14.1 Å². The number of benzene rings is 2. The number of nitrogens with zero attached hydrogens (tertiary/aromatic N) is 3. The van der Waals surface area contributed by atoms with Crippen molar-refractivity contribution in [1.29, 1.82) is 0 Å². The number of halogens is 1. The number of para-hydroxylation sites is 2. The summed E-state index contributed by atoms with van der Waals surface area (Å²) in [5.74, 6) is 0.208. The lowest BCUT2D eigenvalue weighted by Crippen LogP contribution is -3.00. The maximum atomic E-state index is 12.3. The molecule has 3 heterocycles. The predicted molar refractivity (Wildman–Crippen MR) is 149 cm³/mol. The monoisotopic (exact) mass is 660 g/mol. The molecule has 0 unspecified atom stereocenters. The minimum atomic E-state index is -0.400. The number of anilines is 2. The standard InChI is InChI=1S/C29H33N4O4S.HI/c1-21-18-23-28(30-24-10-6-7-11-25(24)31-29(23)38-21)32-14-16-33(2,17-15-32)20-37-27(35)13-12-26(34)36-19-22-8-4-3-5-9-22;/h3-11,18,31H,12-17,19-20H2,1-2H3;1H/q+1;/p-1. The molecule has 1 fully saturated rings. The number of fused-ring (bicyclic) bond motifs is 2. The first-order valence-electron chi connectivity index (χ1n) is 12.9. The molecule has 5 rings (SSSR count). The van der Waals surface area contributed by atoms with Crippen LogP contribution in [-0.4, -0.2) is 67.1 Å². The number of esters is 2. The number of piperazine rings is 1. The molecule has 0 atom stereocenters. The van der Waals surface area contributed by atoms with Gasteiger partial charge in [0.05, 0.1) is 63.0 Å². The number of aliphatic imine (C=N–C) groups is 1. The van der Waals surface area contributed by atoms with Gasteiger partial charge in [-0.2, -0.15) is 0 Å². The molecule has 1 N–H and O–H groups in total. The quantitative estimate of drug-likeness (QED) is 0.238. The van der Waals surface area contributed by atoms with Crippen LogP contribution in [0.5, 0.6) is 0 Å². The summed E-state index contributed by atoms with van der Waals surface area (Å²) in [6, 6.07) is 19.8. The minimum Gasteiger partial charge on any atom is -1.00 e. The number of hydrogen-bond donors (Lipinski definition) is 1. The topological polar surface area (TPSA) is 80.2 Å². The summed E-state index contributed by atoms with van der Waals surface area (Å²) in [7, 11) is 2.10. The van der Waals surface area contributed by atoms with E-state index in [1.807, 2.05) is 48.5 Å². The van der Waals surface area contributed by atoms with Crippen molar-refractivity contribution in [3.63, 3.8) is 0 Å². The van der Waals surface area contributed by atoms with Gasteiger partial charge in [0.15, 0.2) is 0 Å². The first-order valence-corrected chi connectivity index (χ1v) is 13.7. The Morgan fingerprint density at radius 1 is 1.00 bits per heavy atom. The van der Waals surface area contributed by atoms with Crippen molar-refractivity contribution in [2.45, 2.75) is 26.4 Å². The molecule has 2 aromatic carbocycles. The largest absolute Gasteiger partial charge is 1.00 e. The number of hydrogen-bond acceptors (Lipinski definition) is 8. The Labute approximate surface area is 250 Å². The van der Waals surface area contributed by atoms with Crippen molar-refractivity contribution in [2.24, 2.45) is 4.99 Å². The van der Waals surface area contributed by atoms with Gasteiger partial charge in [0.25, 0.3) is 0 Å². The number of thiophene rings is 1. The molecule has 206 valence electrons. The fraction of sp³-hybridized carbons (Fsp3) is 0.345. The number of rotatable bonds is 7. The molecular formula is C29H33IN4O4S. The molecule has 10 heteroatoms. The zero-order valence-electron chi connectivity index (χ0n) is 22.2. The van der Waals surface area contributed by atoms with E-state index in [9.17, 15) is 9.59 Å². The summed E-state index contributed by atoms with van der Waals surface area (Å²) < 4.78 is 11.4. The summed E-state index contributed by atoms with van der Waals surface area (Å²) in [6.07, 6.45) is 0.0319. The molecule has 39 heavy (non-hydrogen) atoms. The lowest BCUT2D eigenvalue weighted by atomic mass is 10.2. The molecule has 2 aliphatic heterocycles. The highest BCUT2D eigenvalue weighted by molar-refractivity contribution is 7.16. The van der Waals surface area contributed by atoms with Gasteiger partial charge < -0.3 is 43.7 Å². The maximum absolute atomic E-state index is 12.3. The average molecular weight is 661 g/mol. The van der Waals surface area contributed by atoms with Crippen LogP contribution in [0.1, 0.15) is 28.8 Å². The van der Waals surface area contributed by atoms with Crippen molar-refractivity contribution in [3.8, 4) is 0 Å². The maximum Gasteiger partial charge on any atom is 0.310 e. The van der Waals surface area contributed by atoms with E-state index < -0.39 is 5.97 Å². The fourth-order valence-corrected chi connectivity index (χ4v) is 5.51. The zero-order valence-corrected chi connectivity index (χ0v) is 25.2. The Hall–Kier alpha value is -2.96. The van der Waals surface area contributed by atoms with E-state index in [2.05, 4.69) is 36.3 Å². The van der Waals surface area contributed by atoms with Crippen molar-refractivity contribution in [2.75, 3.05) is 45.3 Å². The number of nitrogens with one attached hydrogen (secondary N) is 1. The van der Waals surface area contributed by atoms with E-state index in [0.29, 0.717) is 4.48 Å². The summed E-state index contributed by atoms with van der Waals surface area (Å²) in [5, 5.41) is 4.68. The number of amidine groups is 1. The van der Waals surface area contributed by atoms with Crippen molar-refractivity contribution < 1.29 is 47.5 Å². The lowest BCUT2D eigenvalue weighted by Gasteiger charge is -2.42. The third-order valence-electron chi connectivity index (χ3n) is 6.91. The SMILES string of the molecule is Cc1cc2c(s1)Nc1ccccc1N=C2N1CC[N+](C)(COC(=O)CCC(=O)OCc2ccccc2)CC1.[I-]. The van der Waals surface area contributed by atoms with Gasteiger partial charge in [-0.25, -0.2) is 4.99 Å². The second-order valence-electron chi connectivity index (χ2n) is 10.0. The smallest absolute Gasteiger partial charge is 0.310 e. The van der Waals surface area contributed by atoms with Gasteiger partial charge in [-0.1, -0.05) is 42.5 Å². The van der Waals surface area contributed by atoms with E-state index in [4.69, 9.17) is 14.5 Å². The molecule has 1 aromatic heterocycles. The van der Waals surface area contributed by atoms with Crippen LogP contribution >= 0.6 is 11.3 Å². The molecular weight excluding hydrogens is 627 g/mol. The van der Waals surface area contributed by atoms with Crippen LogP contribution in [-0.2, 0) is 25.7 Å². The van der Waals surface area contributed by atoms with Crippen LogP contribution in [0.15, 0.2) is 65.7 Å². The third-order valence-corrected chi connectivity index (χ3v) is 7.87. The third kappa shape index (κ3) is 7.37. The number of quaternary nitrogens is 1. The van der Waals surface area contributed by atoms with Crippen LogP contribution in [0.2, 0.25) is 0 Å². The first kappa shape index (κ1) is 29.0. The first-order chi connectivity index (χ1) is 18.4. The number of ether oxygens (including phenoxy) is 2. The lowest BCUT2D eigenvalue weighted by molar-refractivity contribution is -0.929. The molecule has 8 nitrogen and oxygen atoms in total. The zero-order chi connectivity index (χ0) is 26.5. The van der Waals surface area contributed by atoms with Crippen LogP contribution in [0.4, 0.5) is 16.4 Å².